The van der Waals surface area contributed by atoms with Crippen molar-refractivity contribution in [3.63, 3.8) is 0 Å². The summed E-state index contributed by atoms with van der Waals surface area (Å²) in [5, 5.41) is 2.08. The first kappa shape index (κ1) is 19.1. The monoisotopic (exact) mass is 426 g/mol. The highest BCUT2D eigenvalue weighted by atomic mass is 35.6. The van der Waals surface area contributed by atoms with Crippen molar-refractivity contribution in [3.8, 4) is 0 Å². The maximum absolute atomic E-state index is 12.2. The molecule has 1 aromatic heterocycles. The summed E-state index contributed by atoms with van der Waals surface area (Å²) in [4.78, 5) is 16.5. The number of thioether (sulfide) groups is 1. The summed E-state index contributed by atoms with van der Waals surface area (Å²) in [6.45, 7) is 0. The van der Waals surface area contributed by atoms with E-state index in [9.17, 15) is 4.79 Å². The Balaban J connectivity index is 1.71. The van der Waals surface area contributed by atoms with Crippen LogP contribution in [0.5, 0.6) is 0 Å². The first-order valence-corrected chi connectivity index (χ1v) is 9.56. The zero-order valence-electron chi connectivity index (χ0n) is 13.2. The van der Waals surface area contributed by atoms with E-state index in [4.69, 9.17) is 39.2 Å². The van der Waals surface area contributed by atoms with Crippen molar-refractivity contribution in [1.29, 1.82) is 0 Å². The first-order chi connectivity index (χ1) is 12.4. The molecule has 3 aromatic rings. The summed E-state index contributed by atoms with van der Waals surface area (Å²) >= 11 is 19.1. The number of carbonyl (C=O) groups excluding carboxylic acids is 1. The predicted octanol–water partition coefficient (Wildman–Crippen LogP) is 5.45. The average molecular weight is 428 g/mol. The van der Waals surface area contributed by atoms with Crippen molar-refractivity contribution in [2.45, 2.75) is 14.4 Å². The summed E-state index contributed by atoms with van der Waals surface area (Å²) in [6.07, 6.45) is 3.06. The standard InChI is InChI=1S/C18H13Cl3N2O2S/c19-18(20,21)16(23-15(24)11-10-12-6-2-1-3-7-12)26-17-22-13-8-4-5-9-14(13)25-17/h1-11,16H,(H,23,24)/b11-10+. The lowest BCUT2D eigenvalue weighted by molar-refractivity contribution is -0.116. The van der Waals surface area contributed by atoms with Crippen LogP contribution in [0.3, 0.4) is 0 Å². The molecule has 1 unspecified atom stereocenters. The Labute approximate surface area is 169 Å². The minimum Gasteiger partial charge on any atom is -0.431 e. The fourth-order valence-electron chi connectivity index (χ4n) is 2.09. The van der Waals surface area contributed by atoms with Gasteiger partial charge in [-0.1, -0.05) is 77.3 Å². The lowest BCUT2D eigenvalue weighted by Crippen LogP contribution is -2.40. The topological polar surface area (TPSA) is 55.1 Å². The van der Waals surface area contributed by atoms with Crippen LogP contribution >= 0.6 is 46.6 Å². The van der Waals surface area contributed by atoms with Gasteiger partial charge in [-0.2, -0.15) is 0 Å². The SMILES string of the molecule is O=C(/C=C/c1ccccc1)NC(Sc1nc2ccccc2o1)C(Cl)(Cl)Cl. The molecule has 0 bridgehead atoms. The van der Waals surface area contributed by atoms with Crippen LogP contribution in [0.1, 0.15) is 5.56 Å². The molecule has 0 aliphatic carbocycles. The molecule has 0 radical (unpaired) electrons. The van der Waals surface area contributed by atoms with Crippen molar-refractivity contribution >= 4 is 69.6 Å². The Morgan fingerprint density at radius 2 is 1.81 bits per heavy atom. The third-order valence-electron chi connectivity index (χ3n) is 3.29. The van der Waals surface area contributed by atoms with Crippen molar-refractivity contribution < 1.29 is 9.21 Å². The maximum atomic E-state index is 12.2. The second-order valence-corrected chi connectivity index (χ2v) is 8.66. The molecule has 2 aromatic carbocycles. The molecule has 3 rings (SSSR count). The van der Waals surface area contributed by atoms with Crippen LogP contribution in [0, 0.1) is 0 Å². The quantitative estimate of drug-likeness (QED) is 0.255. The molecule has 4 nitrogen and oxygen atoms in total. The van der Waals surface area contributed by atoms with Crippen molar-refractivity contribution in [1.82, 2.24) is 10.3 Å². The number of fused-ring (bicyclic) bond motifs is 1. The Hall–Kier alpha value is -1.66. The molecule has 0 saturated carbocycles. The molecule has 1 N–H and O–H groups in total. The number of alkyl halides is 3. The highest BCUT2D eigenvalue weighted by Crippen LogP contribution is 2.39. The van der Waals surface area contributed by atoms with Gasteiger partial charge in [-0.25, -0.2) is 4.98 Å². The third kappa shape index (κ3) is 5.17. The van der Waals surface area contributed by atoms with Gasteiger partial charge >= 0.3 is 0 Å². The Bertz CT molecular complexity index is 890. The number of hydrogen-bond acceptors (Lipinski definition) is 4. The minimum absolute atomic E-state index is 0.301. The summed E-state index contributed by atoms with van der Waals surface area (Å²) in [5.41, 5.74) is 2.20. The van der Waals surface area contributed by atoms with Crippen LogP contribution in [0.2, 0.25) is 0 Å². The fraction of sp³-hybridized carbons (Fsp3) is 0.111. The smallest absolute Gasteiger partial charge is 0.258 e. The van der Waals surface area contributed by atoms with Crippen molar-refractivity contribution in [2.24, 2.45) is 0 Å². The lowest BCUT2D eigenvalue weighted by Gasteiger charge is -2.22. The van der Waals surface area contributed by atoms with E-state index in [0.29, 0.717) is 16.3 Å². The Morgan fingerprint density at radius 1 is 1.12 bits per heavy atom. The van der Waals surface area contributed by atoms with E-state index >= 15 is 0 Å². The third-order valence-corrected chi connectivity index (χ3v) is 5.42. The van der Waals surface area contributed by atoms with E-state index < -0.39 is 15.1 Å². The van der Waals surface area contributed by atoms with E-state index in [1.54, 1.807) is 12.1 Å². The Morgan fingerprint density at radius 3 is 2.50 bits per heavy atom. The molecule has 1 amide bonds. The molecule has 8 heteroatoms. The van der Waals surface area contributed by atoms with Gasteiger partial charge in [-0.05, 0) is 35.5 Å². The molecule has 26 heavy (non-hydrogen) atoms. The molecular formula is C18H13Cl3N2O2S. The van der Waals surface area contributed by atoms with Crippen LogP contribution < -0.4 is 5.32 Å². The van der Waals surface area contributed by atoms with Gasteiger partial charge in [-0.15, -0.1) is 0 Å². The predicted molar refractivity (Wildman–Crippen MR) is 108 cm³/mol. The number of oxazole rings is 1. The number of nitrogens with one attached hydrogen (secondary N) is 1. The zero-order chi connectivity index (χ0) is 18.6. The van der Waals surface area contributed by atoms with Gasteiger partial charge in [0.25, 0.3) is 5.22 Å². The van der Waals surface area contributed by atoms with E-state index in [1.807, 2.05) is 48.5 Å². The van der Waals surface area contributed by atoms with Crippen molar-refractivity contribution in [2.75, 3.05) is 0 Å². The first-order valence-electron chi connectivity index (χ1n) is 7.54. The average Bonchev–Trinajstić information content (AvgIpc) is 3.02. The number of hydrogen-bond donors (Lipinski definition) is 1. The molecule has 1 heterocycles. The number of carbonyl (C=O) groups is 1. The van der Waals surface area contributed by atoms with Gasteiger partial charge in [0.1, 0.15) is 10.9 Å². The molecule has 0 aliphatic heterocycles. The van der Waals surface area contributed by atoms with Gasteiger partial charge in [-0.3, -0.25) is 4.79 Å². The number of rotatable bonds is 5. The van der Waals surface area contributed by atoms with Crippen LogP contribution in [0.15, 0.2) is 70.3 Å². The molecule has 134 valence electrons. The van der Waals surface area contributed by atoms with E-state index in [-0.39, 0.29) is 0 Å². The number of benzene rings is 2. The zero-order valence-corrected chi connectivity index (χ0v) is 16.3. The Kier molecular flexibility index (Phi) is 6.14. The molecule has 0 saturated heterocycles. The van der Waals surface area contributed by atoms with E-state index in [0.717, 1.165) is 17.3 Å². The normalized spacial score (nSPS) is 13.2. The van der Waals surface area contributed by atoms with E-state index in [1.165, 1.54) is 6.08 Å². The summed E-state index contributed by atoms with van der Waals surface area (Å²) in [6, 6.07) is 16.7. The molecule has 0 fully saturated rings. The second-order valence-electron chi connectivity index (χ2n) is 5.24. The van der Waals surface area contributed by atoms with Crippen LogP contribution in [-0.2, 0) is 4.79 Å². The number of para-hydroxylation sites is 2. The number of amides is 1. The maximum Gasteiger partial charge on any atom is 0.258 e. The fourth-order valence-corrected chi connectivity index (χ4v) is 3.46. The second kappa shape index (κ2) is 8.35. The number of aromatic nitrogens is 1. The highest BCUT2D eigenvalue weighted by molar-refractivity contribution is 8.00. The summed E-state index contributed by atoms with van der Waals surface area (Å²) < 4.78 is 3.86. The van der Waals surface area contributed by atoms with Gasteiger partial charge in [0.05, 0.1) is 0 Å². The van der Waals surface area contributed by atoms with Crippen LogP contribution in [0.25, 0.3) is 17.2 Å². The highest BCUT2D eigenvalue weighted by Gasteiger charge is 2.36. The molecular weight excluding hydrogens is 415 g/mol. The van der Waals surface area contributed by atoms with Crippen LogP contribution in [-0.4, -0.2) is 20.1 Å². The van der Waals surface area contributed by atoms with Crippen molar-refractivity contribution in [3.05, 3.63) is 66.2 Å². The molecule has 1 atom stereocenters. The summed E-state index contributed by atoms with van der Waals surface area (Å²) in [7, 11) is 0. The minimum atomic E-state index is -1.75. The van der Waals surface area contributed by atoms with Gasteiger partial charge in [0.15, 0.2) is 5.58 Å². The number of nitrogens with zero attached hydrogens (tertiary/aromatic N) is 1. The summed E-state index contributed by atoms with van der Waals surface area (Å²) in [5.74, 6) is -0.395. The molecule has 0 spiro atoms. The van der Waals surface area contributed by atoms with Gasteiger partial charge in [0.2, 0.25) is 9.70 Å². The lowest BCUT2D eigenvalue weighted by atomic mass is 10.2. The van der Waals surface area contributed by atoms with Gasteiger partial charge in [0, 0.05) is 6.08 Å². The van der Waals surface area contributed by atoms with Gasteiger partial charge < -0.3 is 9.73 Å². The van der Waals surface area contributed by atoms with E-state index in [2.05, 4.69) is 10.3 Å². The molecule has 0 aliphatic rings. The van der Waals surface area contributed by atoms with Crippen LogP contribution in [0.4, 0.5) is 0 Å². The number of halogens is 3. The largest absolute Gasteiger partial charge is 0.431 e.